The number of benzene rings is 2. The number of hydrogen-bond donors (Lipinski definition) is 0. The van der Waals surface area contributed by atoms with Crippen LogP contribution in [0.2, 0.25) is 10.0 Å². The predicted molar refractivity (Wildman–Crippen MR) is 103 cm³/mol. The second kappa shape index (κ2) is 7.96. The summed E-state index contributed by atoms with van der Waals surface area (Å²) in [5.74, 6) is -0.236. The number of amides is 1. The molecule has 1 aliphatic rings. The number of nitrogens with zero attached hydrogens (tertiary/aromatic N) is 2. The van der Waals surface area contributed by atoms with E-state index in [1.165, 1.54) is 4.31 Å². The predicted octanol–water partition coefficient (Wildman–Crippen LogP) is 3.28. The summed E-state index contributed by atoms with van der Waals surface area (Å²) in [4.78, 5) is 14.2. The van der Waals surface area contributed by atoms with Gasteiger partial charge in [0.25, 0.3) is 5.91 Å². The molecular weight excluding hydrogens is 395 g/mol. The number of hydrogen-bond acceptors (Lipinski definition) is 3. The molecule has 3 rings (SSSR count). The second-order valence-electron chi connectivity index (χ2n) is 6.09. The smallest absolute Gasteiger partial charge is 0.254 e. The summed E-state index contributed by atoms with van der Waals surface area (Å²) < 4.78 is 26.6. The lowest BCUT2D eigenvalue weighted by Gasteiger charge is -2.34. The molecule has 1 fully saturated rings. The Balaban J connectivity index is 1.64. The van der Waals surface area contributed by atoms with Gasteiger partial charge in [-0.2, -0.15) is 4.31 Å². The summed E-state index contributed by atoms with van der Waals surface area (Å²) in [5.41, 5.74) is 1.16. The van der Waals surface area contributed by atoms with Crippen molar-refractivity contribution in [2.45, 2.75) is 5.75 Å². The van der Waals surface area contributed by atoms with Gasteiger partial charge in [-0.05, 0) is 23.8 Å². The molecule has 0 atom stereocenters. The quantitative estimate of drug-likeness (QED) is 0.773. The molecule has 1 heterocycles. The summed E-state index contributed by atoms with van der Waals surface area (Å²) in [6, 6.07) is 13.8. The molecule has 26 heavy (non-hydrogen) atoms. The molecule has 1 saturated heterocycles. The number of rotatable bonds is 4. The van der Waals surface area contributed by atoms with Crippen LogP contribution in [0.4, 0.5) is 0 Å². The number of carbonyl (C=O) groups is 1. The Morgan fingerprint density at radius 3 is 2.08 bits per heavy atom. The third-order valence-corrected chi connectivity index (χ3v) is 6.51. The van der Waals surface area contributed by atoms with Crippen molar-refractivity contribution in [2.75, 3.05) is 26.2 Å². The van der Waals surface area contributed by atoms with Crippen molar-refractivity contribution in [1.82, 2.24) is 9.21 Å². The maximum atomic E-state index is 12.6. The zero-order chi connectivity index (χ0) is 18.7. The molecule has 2 aromatic carbocycles. The van der Waals surface area contributed by atoms with Gasteiger partial charge < -0.3 is 4.90 Å². The number of halogens is 2. The van der Waals surface area contributed by atoms with Gasteiger partial charge >= 0.3 is 0 Å². The minimum Gasteiger partial charge on any atom is -0.336 e. The first-order chi connectivity index (χ1) is 12.3. The van der Waals surface area contributed by atoms with Gasteiger partial charge in [-0.1, -0.05) is 53.5 Å². The Morgan fingerprint density at radius 1 is 0.923 bits per heavy atom. The monoisotopic (exact) mass is 412 g/mol. The molecule has 8 heteroatoms. The van der Waals surface area contributed by atoms with Crippen LogP contribution in [-0.4, -0.2) is 49.7 Å². The van der Waals surface area contributed by atoms with Crippen LogP contribution < -0.4 is 0 Å². The molecule has 0 spiro atoms. The second-order valence-corrected chi connectivity index (χ2v) is 8.93. The van der Waals surface area contributed by atoms with Gasteiger partial charge in [-0.3, -0.25) is 4.79 Å². The molecule has 1 aliphatic heterocycles. The van der Waals surface area contributed by atoms with Gasteiger partial charge in [-0.25, -0.2) is 8.42 Å². The number of carbonyl (C=O) groups excluding carboxylic acids is 1. The fourth-order valence-corrected chi connectivity index (χ4v) is 4.95. The topological polar surface area (TPSA) is 57.7 Å². The highest BCUT2D eigenvalue weighted by atomic mass is 35.5. The van der Waals surface area contributed by atoms with Crippen molar-refractivity contribution in [3.8, 4) is 0 Å². The molecular formula is C18H18Cl2N2O3S. The van der Waals surface area contributed by atoms with E-state index in [0.717, 1.165) is 5.56 Å². The van der Waals surface area contributed by atoms with Crippen LogP contribution in [0.1, 0.15) is 15.9 Å². The zero-order valence-corrected chi connectivity index (χ0v) is 16.3. The van der Waals surface area contributed by atoms with E-state index < -0.39 is 10.0 Å². The summed E-state index contributed by atoms with van der Waals surface area (Å²) in [6.45, 7) is 1.21. The van der Waals surface area contributed by atoms with Crippen molar-refractivity contribution >= 4 is 39.1 Å². The minimum atomic E-state index is -3.41. The fraction of sp³-hybridized carbons (Fsp3) is 0.278. The first kappa shape index (κ1) is 19.2. The Morgan fingerprint density at radius 2 is 1.50 bits per heavy atom. The summed E-state index contributed by atoms with van der Waals surface area (Å²) in [5, 5.41) is 0.787. The van der Waals surface area contributed by atoms with Gasteiger partial charge in [-0.15, -0.1) is 0 Å². The molecule has 0 saturated carbocycles. The first-order valence-corrected chi connectivity index (χ1v) is 10.5. The van der Waals surface area contributed by atoms with Gasteiger partial charge in [0.15, 0.2) is 0 Å². The van der Waals surface area contributed by atoms with Crippen molar-refractivity contribution in [3.63, 3.8) is 0 Å². The van der Waals surface area contributed by atoms with E-state index in [-0.39, 0.29) is 24.7 Å². The van der Waals surface area contributed by atoms with Crippen LogP contribution >= 0.6 is 23.2 Å². The summed E-state index contributed by atoms with van der Waals surface area (Å²) >= 11 is 11.9. The van der Waals surface area contributed by atoms with Crippen LogP contribution in [0.15, 0.2) is 48.5 Å². The Bertz CT molecular complexity index is 876. The highest BCUT2D eigenvalue weighted by Gasteiger charge is 2.29. The van der Waals surface area contributed by atoms with E-state index in [1.807, 2.05) is 18.2 Å². The van der Waals surface area contributed by atoms with Crippen LogP contribution in [0.5, 0.6) is 0 Å². The lowest BCUT2D eigenvalue weighted by atomic mass is 10.2. The largest absolute Gasteiger partial charge is 0.336 e. The fourth-order valence-electron chi connectivity index (χ4n) is 2.91. The third kappa shape index (κ3) is 4.57. The average molecular weight is 413 g/mol. The van der Waals surface area contributed by atoms with Crippen LogP contribution in [-0.2, 0) is 15.8 Å². The van der Waals surface area contributed by atoms with Gasteiger partial charge in [0.1, 0.15) is 0 Å². The maximum Gasteiger partial charge on any atom is 0.254 e. The Kier molecular flexibility index (Phi) is 5.87. The third-order valence-electron chi connectivity index (χ3n) is 4.22. The van der Waals surface area contributed by atoms with Crippen LogP contribution in [0, 0.1) is 0 Å². The minimum absolute atomic E-state index is 0.0360. The number of sulfonamides is 1. The molecule has 0 unspecified atom stereocenters. The highest BCUT2D eigenvalue weighted by molar-refractivity contribution is 7.88. The summed E-state index contributed by atoms with van der Waals surface area (Å²) in [6.07, 6.45) is 0. The molecule has 0 bridgehead atoms. The molecule has 0 aliphatic carbocycles. The average Bonchev–Trinajstić information content (AvgIpc) is 2.61. The van der Waals surface area contributed by atoms with Crippen molar-refractivity contribution < 1.29 is 13.2 Å². The Labute approximate surface area is 163 Å². The zero-order valence-electron chi connectivity index (χ0n) is 13.9. The van der Waals surface area contributed by atoms with Crippen molar-refractivity contribution in [3.05, 3.63) is 69.7 Å². The maximum absolute atomic E-state index is 12.6. The number of piperazine rings is 1. The molecule has 5 nitrogen and oxygen atoms in total. The van der Waals surface area contributed by atoms with Gasteiger partial charge in [0, 0.05) is 41.8 Å². The molecule has 2 aromatic rings. The molecule has 0 radical (unpaired) electrons. The van der Waals surface area contributed by atoms with Crippen molar-refractivity contribution in [1.29, 1.82) is 0 Å². The summed E-state index contributed by atoms with van der Waals surface area (Å²) in [7, 11) is -3.41. The van der Waals surface area contributed by atoms with Gasteiger partial charge in [0.2, 0.25) is 10.0 Å². The van der Waals surface area contributed by atoms with E-state index >= 15 is 0 Å². The molecule has 0 aromatic heterocycles. The van der Waals surface area contributed by atoms with E-state index in [4.69, 9.17) is 23.2 Å². The first-order valence-electron chi connectivity index (χ1n) is 8.12. The molecule has 0 N–H and O–H groups in total. The lowest BCUT2D eigenvalue weighted by molar-refractivity contribution is 0.0698. The van der Waals surface area contributed by atoms with Gasteiger partial charge in [0.05, 0.1) is 5.75 Å². The van der Waals surface area contributed by atoms with Crippen LogP contribution in [0.3, 0.4) is 0 Å². The SMILES string of the molecule is O=C(c1cc(Cl)cc(Cl)c1)N1CCN(S(=O)(=O)Cc2ccccc2)CC1. The lowest BCUT2D eigenvalue weighted by Crippen LogP contribution is -2.50. The standard InChI is InChI=1S/C18H18Cl2N2O3S/c19-16-10-15(11-17(20)12-16)18(23)21-6-8-22(9-7-21)26(24,25)13-14-4-2-1-3-5-14/h1-5,10-12H,6-9,13H2. The van der Waals surface area contributed by atoms with E-state index in [9.17, 15) is 13.2 Å². The van der Waals surface area contributed by atoms with Crippen molar-refractivity contribution in [2.24, 2.45) is 0 Å². The Hall–Kier alpha value is -1.60. The van der Waals surface area contributed by atoms with E-state index in [1.54, 1.807) is 35.2 Å². The van der Waals surface area contributed by atoms with E-state index in [2.05, 4.69) is 0 Å². The van der Waals surface area contributed by atoms with E-state index in [0.29, 0.717) is 28.7 Å². The molecule has 138 valence electrons. The highest BCUT2D eigenvalue weighted by Crippen LogP contribution is 2.21. The normalized spacial score (nSPS) is 15.8. The van der Waals surface area contributed by atoms with Crippen LogP contribution in [0.25, 0.3) is 0 Å². The molecule has 1 amide bonds.